The number of aromatic nitrogens is 1. The molecule has 2 rings (SSSR count). The van der Waals surface area contributed by atoms with Crippen LogP contribution in [0.3, 0.4) is 0 Å². The van der Waals surface area contributed by atoms with Gasteiger partial charge < -0.3 is 4.74 Å². The van der Waals surface area contributed by atoms with Gasteiger partial charge in [0, 0.05) is 12.0 Å². The number of methoxy groups -OCH3 is 1. The fourth-order valence-electron chi connectivity index (χ4n) is 1.46. The molecule has 0 unspecified atom stereocenters. The molecule has 0 saturated carbocycles. The predicted molar refractivity (Wildman–Crippen MR) is 62.6 cm³/mol. The summed E-state index contributed by atoms with van der Waals surface area (Å²) in [7, 11) is 1.65. The molecule has 0 radical (unpaired) electrons. The molecule has 0 bridgehead atoms. The minimum atomic E-state index is 0.643. The first-order valence-corrected chi connectivity index (χ1v) is 5.62. The molecule has 0 fully saturated rings. The summed E-state index contributed by atoms with van der Waals surface area (Å²) in [5, 5.41) is 9.65. The lowest BCUT2D eigenvalue weighted by Gasteiger charge is -2.05. The Morgan fingerprint density at radius 1 is 1.44 bits per heavy atom. The van der Waals surface area contributed by atoms with Gasteiger partial charge in [-0.2, -0.15) is 5.26 Å². The second kappa shape index (κ2) is 4.77. The minimum absolute atomic E-state index is 0.643. The molecule has 0 saturated heterocycles. The van der Waals surface area contributed by atoms with Crippen molar-refractivity contribution in [3.63, 3.8) is 0 Å². The summed E-state index contributed by atoms with van der Waals surface area (Å²) in [5.74, 6) is 0.858. The first-order valence-electron chi connectivity index (χ1n) is 4.80. The van der Waals surface area contributed by atoms with Gasteiger partial charge in [-0.3, -0.25) is 0 Å². The number of nitrogens with zero attached hydrogens (tertiary/aromatic N) is 2. The van der Waals surface area contributed by atoms with Gasteiger partial charge in [-0.15, -0.1) is 11.3 Å². The van der Waals surface area contributed by atoms with Crippen molar-refractivity contribution in [3.8, 4) is 11.8 Å². The van der Waals surface area contributed by atoms with Gasteiger partial charge in [0.25, 0.3) is 0 Å². The van der Waals surface area contributed by atoms with Gasteiger partial charge in [-0.1, -0.05) is 18.2 Å². The van der Waals surface area contributed by atoms with E-state index in [1.54, 1.807) is 13.3 Å². The Balaban J connectivity index is 2.23. The van der Waals surface area contributed by atoms with Crippen LogP contribution in [-0.4, -0.2) is 12.1 Å². The number of para-hydroxylation sites is 1. The molecule has 16 heavy (non-hydrogen) atoms. The lowest BCUT2D eigenvalue weighted by Crippen LogP contribution is -1.92. The summed E-state index contributed by atoms with van der Waals surface area (Å²) in [4.78, 5) is 4.84. The number of thiazole rings is 1. The average Bonchev–Trinajstić information content (AvgIpc) is 2.77. The molecular formula is C12H10N2OS. The third-order valence-electron chi connectivity index (χ3n) is 2.20. The monoisotopic (exact) mass is 230 g/mol. The summed E-state index contributed by atoms with van der Waals surface area (Å²) in [6, 6.07) is 9.92. The summed E-state index contributed by atoms with van der Waals surface area (Å²) in [5.41, 5.74) is 1.09. The summed E-state index contributed by atoms with van der Waals surface area (Å²) in [6.45, 7) is 0. The van der Waals surface area contributed by atoms with Crippen molar-refractivity contribution in [2.24, 2.45) is 0 Å². The highest BCUT2D eigenvalue weighted by atomic mass is 32.1. The third-order valence-corrected chi connectivity index (χ3v) is 3.10. The van der Waals surface area contributed by atoms with Crippen LogP contribution >= 0.6 is 11.3 Å². The largest absolute Gasteiger partial charge is 0.496 e. The van der Waals surface area contributed by atoms with Crippen LogP contribution in [0.25, 0.3) is 0 Å². The van der Waals surface area contributed by atoms with Crippen LogP contribution in [0.2, 0.25) is 0 Å². The molecular weight excluding hydrogens is 220 g/mol. The predicted octanol–water partition coefficient (Wildman–Crippen LogP) is 2.61. The fourth-order valence-corrected chi connectivity index (χ4v) is 2.19. The Kier molecular flexibility index (Phi) is 3.18. The van der Waals surface area contributed by atoms with E-state index in [1.165, 1.54) is 11.3 Å². The van der Waals surface area contributed by atoms with Gasteiger partial charge >= 0.3 is 0 Å². The molecule has 0 aliphatic heterocycles. The Labute approximate surface area is 97.9 Å². The number of benzene rings is 1. The van der Waals surface area contributed by atoms with Gasteiger partial charge in [-0.25, -0.2) is 4.98 Å². The maximum Gasteiger partial charge on any atom is 0.124 e. The SMILES string of the molecule is COc1ccccc1Cc1ncc(C#N)s1. The van der Waals surface area contributed by atoms with E-state index in [1.807, 2.05) is 24.3 Å². The maximum atomic E-state index is 8.71. The normalized spacial score (nSPS) is 9.75. The smallest absolute Gasteiger partial charge is 0.124 e. The first kappa shape index (κ1) is 10.7. The van der Waals surface area contributed by atoms with Crippen molar-refractivity contribution in [2.75, 3.05) is 7.11 Å². The van der Waals surface area contributed by atoms with Crippen LogP contribution in [0.1, 0.15) is 15.4 Å². The van der Waals surface area contributed by atoms with E-state index in [0.29, 0.717) is 11.3 Å². The van der Waals surface area contributed by atoms with E-state index in [4.69, 9.17) is 10.00 Å². The average molecular weight is 230 g/mol. The maximum absolute atomic E-state index is 8.71. The zero-order chi connectivity index (χ0) is 11.4. The van der Waals surface area contributed by atoms with Crippen molar-refractivity contribution in [1.29, 1.82) is 5.26 Å². The molecule has 0 aliphatic rings. The molecule has 0 amide bonds. The molecule has 3 nitrogen and oxygen atoms in total. The van der Waals surface area contributed by atoms with Crippen LogP contribution in [0.5, 0.6) is 5.75 Å². The first-order chi connectivity index (χ1) is 7.83. The lowest BCUT2D eigenvalue weighted by atomic mass is 10.1. The Morgan fingerprint density at radius 2 is 2.25 bits per heavy atom. The summed E-state index contributed by atoms with van der Waals surface area (Å²) in [6.07, 6.45) is 2.31. The zero-order valence-electron chi connectivity index (χ0n) is 8.80. The number of rotatable bonds is 3. The second-order valence-electron chi connectivity index (χ2n) is 3.22. The zero-order valence-corrected chi connectivity index (χ0v) is 9.62. The number of hydrogen-bond acceptors (Lipinski definition) is 4. The van der Waals surface area contributed by atoms with Crippen LogP contribution in [0.15, 0.2) is 30.5 Å². The number of hydrogen-bond donors (Lipinski definition) is 0. The third kappa shape index (κ3) is 2.20. The van der Waals surface area contributed by atoms with Crippen LogP contribution in [-0.2, 0) is 6.42 Å². The highest BCUT2D eigenvalue weighted by Gasteiger charge is 2.06. The summed E-state index contributed by atoms with van der Waals surface area (Å²) >= 11 is 1.42. The highest BCUT2D eigenvalue weighted by Crippen LogP contribution is 2.22. The standard InChI is InChI=1S/C12H10N2OS/c1-15-11-5-3-2-4-9(11)6-12-14-8-10(7-13)16-12/h2-5,8H,6H2,1H3. The van der Waals surface area contributed by atoms with Crippen molar-refractivity contribution in [2.45, 2.75) is 6.42 Å². The van der Waals surface area contributed by atoms with Gasteiger partial charge in [-0.05, 0) is 6.07 Å². The Morgan fingerprint density at radius 3 is 2.94 bits per heavy atom. The highest BCUT2D eigenvalue weighted by molar-refractivity contribution is 7.12. The van der Waals surface area contributed by atoms with E-state index < -0.39 is 0 Å². The molecule has 1 aromatic heterocycles. The van der Waals surface area contributed by atoms with E-state index in [9.17, 15) is 0 Å². The van der Waals surface area contributed by atoms with Crippen molar-refractivity contribution < 1.29 is 4.74 Å². The molecule has 0 aliphatic carbocycles. The van der Waals surface area contributed by atoms with E-state index in [2.05, 4.69) is 11.1 Å². The van der Waals surface area contributed by atoms with Crippen molar-refractivity contribution >= 4 is 11.3 Å². The molecule has 0 spiro atoms. The van der Waals surface area contributed by atoms with E-state index >= 15 is 0 Å². The van der Waals surface area contributed by atoms with Crippen LogP contribution in [0, 0.1) is 11.3 Å². The molecule has 2 aromatic rings. The molecule has 4 heteroatoms. The van der Waals surface area contributed by atoms with Gasteiger partial charge in [0.15, 0.2) is 0 Å². The quantitative estimate of drug-likeness (QED) is 0.814. The Bertz CT molecular complexity index is 528. The molecule has 1 heterocycles. The number of ether oxygens (including phenoxy) is 1. The lowest BCUT2D eigenvalue weighted by molar-refractivity contribution is 0.410. The van der Waals surface area contributed by atoms with Crippen LogP contribution in [0.4, 0.5) is 0 Å². The molecule has 0 N–H and O–H groups in total. The fraction of sp³-hybridized carbons (Fsp3) is 0.167. The van der Waals surface area contributed by atoms with E-state index in [0.717, 1.165) is 16.3 Å². The Hall–Kier alpha value is -1.86. The minimum Gasteiger partial charge on any atom is -0.496 e. The molecule has 1 aromatic carbocycles. The molecule has 0 atom stereocenters. The van der Waals surface area contributed by atoms with Gasteiger partial charge in [0.05, 0.1) is 18.3 Å². The second-order valence-corrected chi connectivity index (χ2v) is 4.33. The topological polar surface area (TPSA) is 45.9 Å². The van der Waals surface area contributed by atoms with Gasteiger partial charge in [0.1, 0.15) is 16.7 Å². The number of nitriles is 1. The summed E-state index contributed by atoms with van der Waals surface area (Å²) < 4.78 is 5.26. The molecule has 80 valence electrons. The van der Waals surface area contributed by atoms with E-state index in [-0.39, 0.29) is 0 Å². The van der Waals surface area contributed by atoms with Crippen LogP contribution < -0.4 is 4.74 Å². The van der Waals surface area contributed by atoms with Crippen molar-refractivity contribution in [3.05, 3.63) is 45.9 Å². The van der Waals surface area contributed by atoms with Crippen molar-refractivity contribution in [1.82, 2.24) is 4.98 Å². The van der Waals surface area contributed by atoms with Gasteiger partial charge in [0.2, 0.25) is 0 Å².